The zero-order valence-corrected chi connectivity index (χ0v) is 14.9. The van der Waals surface area contributed by atoms with Gasteiger partial charge in [0.1, 0.15) is 10.8 Å². The van der Waals surface area contributed by atoms with E-state index < -0.39 is 0 Å². The second-order valence-electron chi connectivity index (χ2n) is 5.23. The predicted octanol–water partition coefficient (Wildman–Crippen LogP) is 4.86. The van der Waals surface area contributed by atoms with Crippen LogP contribution in [0.15, 0.2) is 82.8 Å². The van der Waals surface area contributed by atoms with E-state index in [0.29, 0.717) is 11.7 Å². The molecule has 0 saturated carbocycles. The Balaban J connectivity index is 1.50. The fourth-order valence-electron chi connectivity index (χ4n) is 2.08. The molecule has 0 amide bonds. The zero-order chi connectivity index (χ0) is 17.5. The van der Waals surface area contributed by atoms with Crippen LogP contribution in [0.5, 0.6) is 0 Å². The monoisotopic (exact) mass is 369 g/mol. The first-order valence-corrected chi connectivity index (χ1v) is 8.90. The van der Waals surface area contributed by atoms with E-state index in [9.17, 15) is 4.39 Å². The summed E-state index contributed by atoms with van der Waals surface area (Å²) in [7, 11) is 0. The highest BCUT2D eigenvalue weighted by molar-refractivity contribution is 7.99. The summed E-state index contributed by atoms with van der Waals surface area (Å²) in [6.45, 7) is 0.529. The third kappa shape index (κ3) is 5.55. The first-order chi connectivity index (χ1) is 12.2. The van der Waals surface area contributed by atoms with Gasteiger partial charge in [-0.1, -0.05) is 42.1 Å². The second-order valence-corrected chi connectivity index (χ2v) is 6.74. The van der Waals surface area contributed by atoms with Crippen LogP contribution in [-0.4, -0.2) is 10.1 Å². The number of thiocarbonyl (C=S) groups is 1. The highest BCUT2D eigenvalue weighted by Gasteiger charge is 2.02. The lowest BCUT2D eigenvalue weighted by Gasteiger charge is -2.10. The third-order valence-electron chi connectivity index (χ3n) is 3.33. The number of benzene rings is 2. The van der Waals surface area contributed by atoms with E-state index in [1.165, 1.54) is 12.1 Å². The molecular weight excluding hydrogens is 353 g/mol. The fourth-order valence-corrected chi connectivity index (χ4v) is 3.05. The first-order valence-electron chi connectivity index (χ1n) is 7.67. The number of hydrogen-bond donors (Lipinski definition) is 2. The molecule has 0 aliphatic rings. The number of hydrogen-bond acceptors (Lipinski definition) is 3. The van der Waals surface area contributed by atoms with Gasteiger partial charge in [0.15, 0.2) is 5.11 Å². The lowest BCUT2D eigenvalue weighted by molar-refractivity contribution is 0.627. The summed E-state index contributed by atoms with van der Waals surface area (Å²) in [5.41, 5.74) is 1.77. The van der Waals surface area contributed by atoms with Crippen molar-refractivity contribution in [3.8, 4) is 0 Å². The topological polar surface area (TPSA) is 37.0 Å². The van der Waals surface area contributed by atoms with Crippen molar-refractivity contribution in [1.29, 1.82) is 0 Å². The standard InChI is InChI=1S/C19H16FN3S2/c20-15-8-6-14(7-9-15)12-22-19(24)23-16-10-11-18(21-13-16)25-17-4-2-1-3-5-17/h1-11,13H,12H2,(H2,22,23,24). The number of pyridine rings is 1. The van der Waals surface area contributed by atoms with Crippen LogP contribution >= 0.6 is 24.0 Å². The summed E-state index contributed by atoms with van der Waals surface area (Å²) in [6, 6.07) is 20.3. The molecule has 3 rings (SSSR count). The Morgan fingerprint density at radius 1 is 1.00 bits per heavy atom. The molecule has 0 radical (unpaired) electrons. The number of aromatic nitrogens is 1. The average molecular weight is 369 g/mol. The van der Waals surface area contributed by atoms with Gasteiger partial charge in [-0.3, -0.25) is 0 Å². The van der Waals surface area contributed by atoms with E-state index in [1.54, 1.807) is 30.1 Å². The minimum absolute atomic E-state index is 0.246. The Kier molecular flexibility index (Phi) is 5.98. The Labute approximate surface area is 155 Å². The molecule has 1 heterocycles. The van der Waals surface area contributed by atoms with Crippen LogP contribution in [0, 0.1) is 5.82 Å². The van der Waals surface area contributed by atoms with Gasteiger partial charge in [0.05, 0.1) is 11.9 Å². The van der Waals surface area contributed by atoms with Crippen molar-refractivity contribution in [2.24, 2.45) is 0 Å². The van der Waals surface area contributed by atoms with Crippen molar-refractivity contribution < 1.29 is 4.39 Å². The Bertz CT molecular complexity index is 822. The molecule has 25 heavy (non-hydrogen) atoms. The lowest BCUT2D eigenvalue weighted by atomic mass is 10.2. The third-order valence-corrected chi connectivity index (χ3v) is 4.53. The molecule has 0 unspecified atom stereocenters. The number of nitrogens with zero attached hydrogens (tertiary/aromatic N) is 1. The smallest absolute Gasteiger partial charge is 0.171 e. The van der Waals surface area contributed by atoms with Crippen molar-refractivity contribution in [2.75, 3.05) is 5.32 Å². The number of rotatable bonds is 5. The molecular formula is C19H16FN3S2. The highest BCUT2D eigenvalue weighted by atomic mass is 32.2. The Morgan fingerprint density at radius 3 is 2.44 bits per heavy atom. The van der Waals surface area contributed by atoms with Crippen LogP contribution in [0.4, 0.5) is 10.1 Å². The normalized spacial score (nSPS) is 10.3. The highest BCUT2D eigenvalue weighted by Crippen LogP contribution is 2.25. The molecule has 126 valence electrons. The van der Waals surface area contributed by atoms with Crippen LogP contribution in [0.2, 0.25) is 0 Å². The molecule has 0 spiro atoms. The van der Waals surface area contributed by atoms with Crippen molar-refractivity contribution in [3.63, 3.8) is 0 Å². The molecule has 3 aromatic rings. The summed E-state index contributed by atoms with van der Waals surface area (Å²) in [5, 5.41) is 7.59. The van der Waals surface area contributed by atoms with E-state index in [4.69, 9.17) is 12.2 Å². The molecule has 0 aliphatic carbocycles. The minimum Gasteiger partial charge on any atom is -0.358 e. The van der Waals surface area contributed by atoms with E-state index in [1.807, 2.05) is 42.5 Å². The van der Waals surface area contributed by atoms with Gasteiger partial charge in [-0.2, -0.15) is 0 Å². The van der Waals surface area contributed by atoms with E-state index in [-0.39, 0.29) is 5.82 Å². The van der Waals surface area contributed by atoms with Gasteiger partial charge in [-0.05, 0) is 54.2 Å². The van der Waals surface area contributed by atoms with Gasteiger partial charge in [-0.15, -0.1) is 0 Å². The number of anilines is 1. The molecule has 0 aliphatic heterocycles. The molecule has 0 saturated heterocycles. The molecule has 2 N–H and O–H groups in total. The Morgan fingerprint density at radius 2 is 1.76 bits per heavy atom. The maximum Gasteiger partial charge on any atom is 0.171 e. The molecule has 3 nitrogen and oxygen atoms in total. The average Bonchev–Trinajstić information content (AvgIpc) is 2.64. The van der Waals surface area contributed by atoms with Gasteiger partial charge in [0.25, 0.3) is 0 Å². The minimum atomic E-state index is -0.246. The van der Waals surface area contributed by atoms with Crippen LogP contribution in [-0.2, 0) is 6.54 Å². The SMILES string of the molecule is Fc1ccc(CNC(=S)Nc2ccc(Sc3ccccc3)nc2)cc1. The number of halogens is 1. The van der Waals surface area contributed by atoms with Crippen LogP contribution < -0.4 is 10.6 Å². The summed E-state index contributed by atoms with van der Waals surface area (Å²) in [6.07, 6.45) is 1.75. The van der Waals surface area contributed by atoms with Gasteiger partial charge >= 0.3 is 0 Å². The fraction of sp³-hybridized carbons (Fsp3) is 0.0526. The molecule has 0 fully saturated rings. The lowest BCUT2D eigenvalue weighted by Crippen LogP contribution is -2.27. The van der Waals surface area contributed by atoms with E-state index in [2.05, 4.69) is 15.6 Å². The number of nitrogens with one attached hydrogen (secondary N) is 2. The summed E-state index contributed by atoms with van der Waals surface area (Å²) in [4.78, 5) is 5.57. The summed E-state index contributed by atoms with van der Waals surface area (Å²) >= 11 is 6.88. The van der Waals surface area contributed by atoms with Gasteiger partial charge < -0.3 is 10.6 Å². The molecule has 0 bridgehead atoms. The second kappa shape index (κ2) is 8.60. The van der Waals surface area contributed by atoms with Crippen LogP contribution in [0.25, 0.3) is 0 Å². The van der Waals surface area contributed by atoms with E-state index >= 15 is 0 Å². The van der Waals surface area contributed by atoms with E-state index in [0.717, 1.165) is 21.2 Å². The largest absolute Gasteiger partial charge is 0.358 e. The van der Waals surface area contributed by atoms with Crippen molar-refractivity contribution in [1.82, 2.24) is 10.3 Å². The van der Waals surface area contributed by atoms with Crippen molar-refractivity contribution in [2.45, 2.75) is 16.5 Å². The summed E-state index contributed by atoms with van der Waals surface area (Å²) in [5.74, 6) is -0.246. The van der Waals surface area contributed by atoms with Gasteiger partial charge in [0, 0.05) is 11.4 Å². The van der Waals surface area contributed by atoms with Gasteiger partial charge in [-0.25, -0.2) is 9.37 Å². The Hall–Kier alpha value is -2.44. The quantitative estimate of drug-likeness (QED) is 0.628. The maximum atomic E-state index is 12.9. The molecule has 6 heteroatoms. The zero-order valence-electron chi connectivity index (χ0n) is 13.3. The van der Waals surface area contributed by atoms with Gasteiger partial charge in [0.2, 0.25) is 0 Å². The summed E-state index contributed by atoms with van der Waals surface area (Å²) < 4.78 is 12.9. The predicted molar refractivity (Wildman–Crippen MR) is 104 cm³/mol. The molecule has 1 aromatic heterocycles. The van der Waals surface area contributed by atoms with Crippen molar-refractivity contribution in [3.05, 3.63) is 84.3 Å². The van der Waals surface area contributed by atoms with Crippen LogP contribution in [0.1, 0.15) is 5.56 Å². The van der Waals surface area contributed by atoms with Crippen LogP contribution in [0.3, 0.4) is 0 Å². The first kappa shape index (κ1) is 17.4. The molecule has 2 aromatic carbocycles. The maximum absolute atomic E-state index is 12.9. The molecule has 0 atom stereocenters. The van der Waals surface area contributed by atoms with Crippen molar-refractivity contribution >= 4 is 34.8 Å².